The zero-order valence-corrected chi connectivity index (χ0v) is 10.8. The van der Waals surface area contributed by atoms with Gasteiger partial charge in [0, 0.05) is 5.41 Å². The molecule has 2 atom stereocenters. The molecule has 3 fully saturated rings. The second-order valence-electron chi connectivity index (χ2n) is 7.05. The Morgan fingerprint density at radius 1 is 0.882 bits per heavy atom. The zero-order valence-electron chi connectivity index (χ0n) is 10.8. The van der Waals surface area contributed by atoms with Crippen LogP contribution in [0, 0.1) is 10.8 Å². The lowest BCUT2D eigenvalue weighted by molar-refractivity contribution is -0.195. The molecular formula is C16H24O. The molecule has 0 radical (unpaired) electrons. The highest BCUT2D eigenvalue weighted by Crippen LogP contribution is 2.74. The molecule has 0 unspecified atom stereocenters. The normalized spacial score (nSPS) is 47.0. The van der Waals surface area contributed by atoms with E-state index >= 15 is 0 Å². The molecular weight excluding hydrogens is 208 g/mol. The first kappa shape index (κ1) is 10.6. The second-order valence-corrected chi connectivity index (χ2v) is 7.05. The van der Waals surface area contributed by atoms with E-state index in [1.54, 1.807) is 0 Å². The van der Waals surface area contributed by atoms with E-state index in [4.69, 9.17) is 0 Å². The molecule has 0 aliphatic heterocycles. The van der Waals surface area contributed by atoms with Gasteiger partial charge in [0.05, 0.1) is 5.60 Å². The second kappa shape index (κ2) is 3.17. The molecule has 0 aromatic heterocycles. The molecule has 4 rings (SSSR count). The molecule has 17 heavy (non-hydrogen) atoms. The zero-order chi connectivity index (χ0) is 11.6. The third-order valence-corrected chi connectivity index (χ3v) is 6.88. The van der Waals surface area contributed by atoms with Crippen LogP contribution >= 0.6 is 0 Å². The predicted octanol–water partition coefficient (Wildman–Crippen LogP) is 3.96. The molecule has 0 heterocycles. The van der Waals surface area contributed by atoms with Gasteiger partial charge in [0.2, 0.25) is 0 Å². The maximum atomic E-state index is 11.2. The monoisotopic (exact) mass is 232 g/mol. The van der Waals surface area contributed by atoms with Gasteiger partial charge in [0.1, 0.15) is 0 Å². The Morgan fingerprint density at radius 2 is 1.59 bits per heavy atom. The van der Waals surface area contributed by atoms with Crippen molar-refractivity contribution in [3.8, 4) is 0 Å². The van der Waals surface area contributed by atoms with Crippen LogP contribution in [0.3, 0.4) is 0 Å². The molecule has 3 saturated carbocycles. The standard InChI is InChI=1S/C16H24O/c17-16(13-5-3-6-13)12-11-15(16)10-4-9-14(15)7-1-2-8-14/h5,17H,1-4,6-12H2/t15-,16+/m0/s1. The smallest absolute Gasteiger partial charge is 0.0918 e. The molecule has 1 nitrogen and oxygen atoms in total. The van der Waals surface area contributed by atoms with E-state index in [0.717, 1.165) is 6.42 Å². The van der Waals surface area contributed by atoms with Crippen LogP contribution < -0.4 is 0 Å². The molecule has 1 heteroatoms. The topological polar surface area (TPSA) is 20.2 Å². The van der Waals surface area contributed by atoms with Crippen molar-refractivity contribution in [2.24, 2.45) is 10.8 Å². The van der Waals surface area contributed by atoms with Gasteiger partial charge in [-0.05, 0) is 62.4 Å². The summed E-state index contributed by atoms with van der Waals surface area (Å²) in [6, 6.07) is 0. The molecule has 4 aliphatic carbocycles. The Bertz CT molecular complexity index is 371. The summed E-state index contributed by atoms with van der Waals surface area (Å²) in [4.78, 5) is 0. The quantitative estimate of drug-likeness (QED) is 0.678. The molecule has 0 amide bonds. The largest absolute Gasteiger partial charge is 0.385 e. The number of allylic oxidation sites excluding steroid dienone is 1. The number of fused-ring (bicyclic) bond motifs is 1. The van der Waals surface area contributed by atoms with Gasteiger partial charge in [0.15, 0.2) is 0 Å². The van der Waals surface area contributed by atoms with Crippen LogP contribution in [0.1, 0.15) is 70.6 Å². The number of hydrogen-bond donors (Lipinski definition) is 1. The Hall–Kier alpha value is -0.300. The molecule has 0 aromatic rings. The summed E-state index contributed by atoms with van der Waals surface area (Å²) < 4.78 is 0. The SMILES string of the molecule is O[C@@]1(C2=CCC2)CC[C@]12CCCC21CCCC1. The predicted molar refractivity (Wildman–Crippen MR) is 68.7 cm³/mol. The molecule has 0 bridgehead atoms. The van der Waals surface area contributed by atoms with Crippen LogP contribution in [-0.2, 0) is 0 Å². The Morgan fingerprint density at radius 3 is 2.12 bits per heavy atom. The van der Waals surface area contributed by atoms with Crippen molar-refractivity contribution >= 4 is 0 Å². The fraction of sp³-hybridized carbons (Fsp3) is 0.875. The number of rotatable bonds is 1. The molecule has 0 aromatic carbocycles. The first-order chi connectivity index (χ1) is 8.23. The summed E-state index contributed by atoms with van der Waals surface area (Å²) in [5.74, 6) is 0. The molecule has 2 spiro atoms. The van der Waals surface area contributed by atoms with Crippen molar-refractivity contribution in [3.63, 3.8) is 0 Å². The summed E-state index contributed by atoms with van der Waals surface area (Å²) in [7, 11) is 0. The lowest BCUT2D eigenvalue weighted by Crippen LogP contribution is -2.64. The Balaban J connectivity index is 1.76. The van der Waals surface area contributed by atoms with Gasteiger partial charge in [0.25, 0.3) is 0 Å². The van der Waals surface area contributed by atoms with Gasteiger partial charge < -0.3 is 5.11 Å². The van der Waals surface area contributed by atoms with Crippen LogP contribution in [-0.4, -0.2) is 10.7 Å². The summed E-state index contributed by atoms with van der Waals surface area (Å²) in [6.07, 6.45) is 16.8. The van der Waals surface area contributed by atoms with E-state index < -0.39 is 0 Å². The minimum Gasteiger partial charge on any atom is -0.385 e. The number of hydrogen-bond acceptors (Lipinski definition) is 1. The minimum atomic E-state index is -0.369. The van der Waals surface area contributed by atoms with E-state index in [1.165, 1.54) is 69.8 Å². The van der Waals surface area contributed by atoms with Crippen molar-refractivity contribution in [3.05, 3.63) is 11.6 Å². The van der Waals surface area contributed by atoms with E-state index in [2.05, 4.69) is 6.08 Å². The highest BCUT2D eigenvalue weighted by molar-refractivity contribution is 5.36. The van der Waals surface area contributed by atoms with Crippen LogP contribution in [0.5, 0.6) is 0 Å². The first-order valence-corrected chi connectivity index (χ1v) is 7.65. The van der Waals surface area contributed by atoms with Gasteiger partial charge in [-0.2, -0.15) is 0 Å². The summed E-state index contributed by atoms with van der Waals surface area (Å²) >= 11 is 0. The Kier molecular flexibility index (Phi) is 1.98. The van der Waals surface area contributed by atoms with Crippen molar-refractivity contribution < 1.29 is 5.11 Å². The molecule has 1 N–H and O–H groups in total. The van der Waals surface area contributed by atoms with Gasteiger partial charge >= 0.3 is 0 Å². The molecule has 0 saturated heterocycles. The van der Waals surface area contributed by atoms with Gasteiger partial charge in [-0.15, -0.1) is 0 Å². The van der Waals surface area contributed by atoms with Crippen LogP contribution in [0.2, 0.25) is 0 Å². The maximum Gasteiger partial charge on any atom is 0.0918 e. The molecule has 94 valence electrons. The minimum absolute atomic E-state index is 0.308. The van der Waals surface area contributed by atoms with Crippen LogP contribution in [0.4, 0.5) is 0 Å². The number of aliphatic hydroxyl groups is 1. The van der Waals surface area contributed by atoms with E-state index in [0.29, 0.717) is 10.8 Å². The lowest BCUT2D eigenvalue weighted by Gasteiger charge is -2.64. The van der Waals surface area contributed by atoms with E-state index in [9.17, 15) is 5.11 Å². The van der Waals surface area contributed by atoms with Crippen LogP contribution in [0.15, 0.2) is 11.6 Å². The maximum absolute atomic E-state index is 11.2. The lowest BCUT2D eigenvalue weighted by atomic mass is 9.43. The van der Waals surface area contributed by atoms with E-state index in [-0.39, 0.29) is 5.60 Å². The first-order valence-electron chi connectivity index (χ1n) is 7.65. The van der Waals surface area contributed by atoms with Crippen molar-refractivity contribution in [1.82, 2.24) is 0 Å². The Labute approximate surface area is 104 Å². The third kappa shape index (κ3) is 1.02. The average molecular weight is 232 g/mol. The van der Waals surface area contributed by atoms with Crippen LogP contribution in [0.25, 0.3) is 0 Å². The van der Waals surface area contributed by atoms with E-state index in [1.807, 2.05) is 0 Å². The van der Waals surface area contributed by atoms with Crippen molar-refractivity contribution in [2.45, 2.75) is 76.2 Å². The summed E-state index contributed by atoms with van der Waals surface area (Å²) in [5, 5.41) is 11.2. The average Bonchev–Trinajstić information content (AvgIpc) is 2.84. The van der Waals surface area contributed by atoms with Crippen molar-refractivity contribution in [2.75, 3.05) is 0 Å². The fourth-order valence-corrected chi connectivity index (χ4v) is 5.84. The fourth-order valence-electron chi connectivity index (χ4n) is 5.84. The highest BCUT2D eigenvalue weighted by atomic mass is 16.3. The van der Waals surface area contributed by atoms with Gasteiger partial charge in [-0.3, -0.25) is 0 Å². The highest BCUT2D eigenvalue weighted by Gasteiger charge is 2.70. The van der Waals surface area contributed by atoms with Crippen molar-refractivity contribution in [1.29, 1.82) is 0 Å². The molecule has 4 aliphatic rings. The van der Waals surface area contributed by atoms with Gasteiger partial charge in [-0.1, -0.05) is 25.3 Å². The van der Waals surface area contributed by atoms with Gasteiger partial charge in [-0.25, -0.2) is 0 Å². The summed E-state index contributed by atoms with van der Waals surface area (Å²) in [6.45, 7) is 0. The summed E-state index contributed by atoms with van der Waals surface area (Å²) in [5.41, 5.74) is 1.89. The third-order valence-electron chi connectivity index (χ3n) is 6.88.